The Hall–Kier alpha value is -6.52. The molecule has 222 valence electrons. The fourth-order valence-corrected chi connectivity index (χ4v) is 7.26. The van der Waals surface area contributed by atoms with Crippen LogP contribution in [-0.4, -0.2) is 19.9 Å². The van der Waals surface area contributed by atoms with Crippen molar-refractivity contribution in [2.45, 2.75) is 0 Å². The Morgan fingerprint density at radius 2 is 0.833 bits per heavy atom. The molecular formula is C44H26N4. The summed E-state index contributed by atoms with van der Waals surface area (Å²) in [5.74, 6) is 0.736. The molecule has 7 aromatic carbocycles. The molecule has 0 unspecified atom stereocenters. The number of hydrogen-bond donors (Lipinski definition) is 0. The summed E-state index contributed by atoms with van der Waals surface area (Å²) >= 11 is 0. The van der Waals surface area contributed by atoms with Gasteiger partial charge in [0.15, 0.2) is 5.82 Å². The molecule has 10 aromatic rings. The van der Waals surface area contributed by atoms with Crippen LogP contribution in [0.15, 0.2) is 158 Å². The first-order valence-corrected chi connectivity index (χ1v) is 16.1. The highest BCUT2D eigenvalue weighted by Crippen LogP contribution is 2.42. The van der Waals surface area contributed by atoms with E-state index in [1.165, 1.54) is 54.6 Å². The van der Waals surface area contributed by atoms with Gasteiger partial charge in [-0.1, -0.05) is 121 Å². The Kier molecular flexibility index (Phi) is 5.84. The van der Waals surface area contributed by atoms with Gasteiger partial charge >= 0.3 is 0 Å². The second-order valence-corrected chi connectivity index (χ2v) is 12.3. The van der Waals surface area contributed by atoms with E-state index in [2.05, 4.69) is 142 Å². The van der Waals surface area contributed by atoms with Crippen LogP contribution in [0.1, 0.15) is 0 Å². The normalized spacial score (nSPS) is 11.8. The van der Waals surface area contributed by atoms with Crippen LogP contribution in [0.3, 0.4) is 0 Å². The maximum atomic E-state index is 5.07. The van der Waals surface area contributed by atoms with Crippen LogP contribution < -0.4 is 0 Å². The lowest BCUT2D eigenvalue weighted by Crippen LogP contribution is -1.91. The van der Waals surface area contributed by atoms with E-state index in [1.54, 1.807) is 12.4 Å². The minimum absolute atomic E-state index is 0.736. The molecule has 48 heavy (non-hydrogen) atoms. The predicted molar refractivity (Wildman–Crippen MR) is 198 cm³/mol. The minimum Gasteiger partial charge on any atom is -0.254 e. The number of rotatable bonds is 4. The molecule has 0 atom stereocenters. The smallest absolute Gasteiger partial charge is 0.159 e. The molecule has 3 aromatic heterocycles. The lowest BCUT2D eigenvalue weighted by molar-refractivity contribution is 1.18. The first-order chi connectivity index (χ1) is 23.8. The van der Waals surface area contributed by atoms with E-state index in [0.717, 1.165) is 44.5 Å². The standard InChI is InChI=1S/C44H26N4/c1-3-32-10-11-33-18-23-39(48-43(33)42(32)45-24-1)29-8-4-27(5-9-29)35-19-14-30-17-22-38-36(20-15-31-16-21-37(35)40(30)41(31)38)28-6-12-34(13-7-28)44-46-25-2-26-47-44/h1-26H. The minimum atomic E-state index is 0.736. The molecule has 0 bridgehead atoms. The van der Waals surface area contributed by atoms with Gasteiger partial charge in [0.2, 0.25) is 0 Å². The van der Waals surface area contributed by atoms with Gasteiger partial charge in [-0.15, -0.1) is 0 Å². The van der Waals surface area contributed by atoms with Gasteiger partial charge in [-0.05, 0) is 72.8 Å². The summed E-state index contributed by atoms with van der Waals surface area (Å²) in [6.45, 7) is 0. The van der Waals surface area contributed by atoms with Gasteiger partial charge in [0.1, 0.15) is 0 Å². The molecule has 4 nitrogen and oxygen atoms in total. The second kappa shape index (κ2) is 10.5. The van der Waals surface area contributed by atoms with Gasteiger partial charge in [0.05, 0.1) is 16.7 Å². The van der Waals surface area contributed by atoms with Gasteiger partial charge in [-0.3, -0.25) is 4.98 Å². The first kappa shape index (κ1) is 26.7. The van der Waals surface area contributed by atoms with Crippen molar-refractivity contribution in [2.75, 3.05) is 0 Å². The molecule has 0 N–H and O–H groups in total. The van der Waals surface area contributed by atoms with Crippen molar-refractivity contribution >= 4 is 54.1 Å². The molecule has 0 saturated carbocycles. The predicted octanol–water partition coefficient (Wildman–Crippen LogP) is 11.1. The Labute approximate surface area is 276 Å². The zero-order valence-corrected chi connectivity index (χ0v) is 25.8. The van der Waals surface area contributed by atoms with Gasteiger partial charge in [-0.2, -0.15) is 0 Å². The summed E-state index contributed by atoms with van der Waals surface area (Å²) in [4.78, 5) is 18.5. The van der Waals surface area contributed by atoms with Crippen molar-refractivity contribution in [3.63, 3.8) is 0 Å². The molecule has 0 amide bonds. The first-order valence-electron chi connectivity index (χ1n) is 16.1. The maximum absolute atomic E-state index is 5.07. The van der Waals surface area contributed by atoms with Crippen molar-refractivity contribution in [1.29, 1.82) is 0 Å². The molecule has 0 radical (unpaired) electrons. The molecule has 0 aliphatic carbocycles. The summed E-state index contributed by atoms with van der Waals surface area (Å²) in [6, 6.07) is 49.8. The highest BCUT2D eigenvalue weighted by molar-refractivity contribution is 6.27. The molecule has 0 spiro atoms. The van der Waals surface area contributed by atoms with E-state index in [1.807, 2.05) is 18.3 Å². The monoisotopic (exact) mass is 610 g/mol. The van der Waals surface area contributed by atoms with E-state index in [0.29, 0.717) is 0 Å². The number of benzene rings is 7. The van der Waals surface area contributed by atoms with Crippen molar-refractivity contribution in [2.24, 2.45) is 0 Å². The summed E-state index contributed by atoms with van der Waals surface area (Å²) in [5.41, 5.74) is 9.71. The van der Waals surface area contributed by atoms with Crippen molar-refractivity contribution in [3.8, 4) is 44.9 Å². The second-order valence-electron chi connectivity index (χ2n) is 12.3. The molecule has 0 aliphatic heterocycles. The summed E-state index contributed by atoms with van der Waals surface area (Å²) in [7, 11) is 0. The Bertz CT molecular complexity index is 2810. The van der Waals surface area contributed by atoms with Gasteiger partial charge in [0.25, 0.3) is 0 Å². The number of nitrogens with zero attached hydrogens (tertiary/aromatic N) is 4. The molecule has 10 rings (SSSR count). The lowest BCUT2D eigenvalue weighted by atomic mass is 9.87. The third kappa shape index (κ3) is 4.16. The maximum Gasteiger partial charge on any atom is 0.159 e. The molecule has 4 heteroatoms. The highest BCUT2D eigenvalue weighted by atomic mass is 14.8. The molecule has 3 heterocycles. The van der Waals surface area contributed by atoms with Gasteiger partial charge < -0.3 is 0 Å². The SMILES string of the molecule is c1cnc(-c2ccc(-c3ccc4ccc5c(-c6ccc(-c7ccc8ccc9cccnc9c8n7)cc6)ccc6ccc3c4c65)cc2)nc1. The number of pyridine rings is 2. The lowest BCUT2D eigenvalue weighted by Gasteiger charge is -2.17. The zero-order chi connectivity index (χ0) is 31.6. The quantitative estimate of drug-likeness (QED) is 0.186. The molecule has 0 saturated heterocycles. The average molecular weight is 611 g/mol. The third-order valence-electron chi connectivity index (χ3n) is 9.61. The largest absolute Gasteiger partial charge is 0.254 e. The number of hydrogen-bond acceptors (Lipinski definition) is 4. The Morgan fingerprint density at radius 1 is 0.333 bits per heavy atom. The van der Waals surface area contributed by atoms with E-state index in [9.17, 15) is 0 Å². The Morgan fingerprint density at radius 3 is 1.48 bits per heavy atom. The summed E-state index contributed by atoms with van der Waals surface area (Å²) < 4.78 is 0. The molecule has 0 aliphatic rings. The van der Waals surface area contributed by atoms with Crippen LogP contribution in [0.5, 0.6) is 0 Å². The zero-order valence-electron chi connectivity index (χ0n) is 25.8. The van der Waals surface area contributed by atoms with Crippen molar-refractivity contribution < 1.29 is 0 Å². The average Bonchev–Trinajstić information content (AvgIpc) is 3.17. The number of fused-ring (bicyclic) bond motifs is 3. The van der Waals surface area contributed by atoms with E-state index in [-0.39, 0.29) is 0 Å². The van der Waals surface area contributed by atoms with Crippen LogP contribution in [0.4, 0.5) is 0 Å². The van der Waals surface area contributed by atoms with E-state index in [4.69, 9.17) is 4.98 Å². The van der Waals surface area contributed by atoms with Crippen LogP contribution >= 0.6 is 0 Å². The van der Waals surface area contributed by atoms with Crippen LogP contribution in [0.2, 0.25) is 0 Å². The van der Waals surface area contributed by atoms with E-state index >= 15 is 0 Å². The topological polar surface area (TPSA) is 51.6 Å². The number of aromatic nitrogens is 4. The van der Waals surface area contributed by atoms with Crippen molar-refractivity contribution in [3.05, 3.63) is 158 Å². The summed E-state index contributed by atoms with van der Waals surface area (Å²) in [5, 5.41) is 9.81. The summed E-state index contributed by atoms with van der Waals surface area (Å²) in [6.07, 6.45) is 5.39. The Balaban J connectivity index is 1.07. The highest BCUT2D eigenvalue weighted by Gasteiger charge is 2.15. The molecule has 0 fully saturated rings. The fourth-order valence-electron chi connectivity index (χ4n) is 7.26. The van der Waals surface area contributed by atoms with Crippen LogP contribution in [0, 0.1) is 0 Å². The van der Waals surface area contributed by atoms with Crippen LogP contribution in [-0.2, 0) is 0 Å². The van der Waals surface area contributed by atoms with E-state index < -0.39 is 0 Å². The fraction of sp³-hybridized carbons (Fsp3) is 0. The van der Waals surface area contributed by atoms with Gasteiger partial charge in [-0.25, -0.2) is 15.0 Å². The van der Waals surface area contributed by atoms with Crippen molar-refractivity contribution in [1.82, 2.24) is 19.9 Å². The van der Waals surface area contributed by atoms with Crippen LogP contribution in [0.25, 0.3) is 99.0 Å². The molecular weight excluding hydrogens is 585 g/mol. The van der Waals surface area contributed by atoms with Gasteiger partial charge in [0, 0.05) is 40.5 Å². The third-order valence-corrected chi connectivity index (χ3v) is 9.61.